The van der Waals surface area contributed by atoms with Crippen LogP contribution in [0.3, 0.4) is 0 Å². The van der Waals surface area contributed by atoms with Gasteiger partial charge in [0.15, 0.2) is 11.6 Å². The summed E-state index contributed by atoms with van der Waals surface area (Å²) in [5.41, 5.74) is 2.77. The highest BCUT2D eigenvalue weighted by molar-refractivity contribution is 7.92. The summed E-state index contributed by atoms with van der Waals surface area (Å²) in [7, 11) is -2.15. The maximum atomic E-state index is 12.8. The van der Waals surface area contributed by atoms with E-state index in [9.17, 15) is 8.42 Å². The molecular formula is C20H24N6O2S. The van der Waals surface area contributed by atoms with Gasteiger partial charge < -0.3 is 5.32 Å². The van der Waals surface area contributed by atoms with E-state index >= 15 is 0 Å². The van der Waals surface area contributed by atoms with Gasteiger partial charge >= 0.3 is 0 Å². The molecule has 1 aromatic carbocycles. The molecule has 0 saturated heterocycles. The van der Waals surface area contributed by atoms with Crippen molar-refractivity contribution in [2.75, 3.05) is 16.6 Å². The average Bonchev–Trinajstić information content (AvgIpc) is 3.16. The molecule has 1 aliphatic carbocycles. The predicted molar refractivity (Wildman–Crippen MR) is 113 cm³/mol. The highest BCUT2D eigenvalue weighted by Crippen LogP contribution is 2.25. The molecular weight excluding hydrogens is 388 g/mol. The summed E-state index contributed by atoms with van der Waals surface area (Å²) >= 11 is 0. The van der Waals surface area contributed by atoms with Crippen molar-refractivity contribution in [2.45, 2.75) is 37.0 Å². The fourth-order valence-corrected chi connectivity index (χ4v) is 4.38. The standard InChI is InChI=1S/C20H24N6O2S/c1-26-14-16(13-22-26)29(27,28)25-20-19(21-12-11-15-7-3-2-4-8-15)23-17-9-5-6-10-18(17)24-20/h5-7,9-10,13-14H,2-4,8,11-12H2,1H3,(H,21,23)(H,24,25). The van der Waals surface area contributed by atoms with Gasteiger partial charge in [-0.2, -0.15) is 5.10 Å². The molecule has 2 heterocycles. The first-order valence-electron chi connectivity index (χ1n) is 9.71. The van der Waals surface area contributed by atoms with Crippen LogP contribution in [0.4, 0.5) is 11.6 Å². The van der Waals surface area contributed by atoms with Crippen LogP contribution in [0.5, 0.6) is 0 Å². The van der Waals surface area contributed by atoms with Gasteiger partial charge in [-0.15, -0.1) is 0 Å². The number of benzene rings is 1. The molecule has 2 N–H and O–H groups in total. The quantitative estimate of drug-likeness (QED) is 0.576. The first kappa shape index (κ1) is 19.4. The van der Waals surface area contributed by atoms with Crippen molar-refractivity contribution in [2.24, 2.45) is 7.05 Å². The molecule has 0 unspecified atom stereocenters. The van der Waals surface area contributed by atoms with Crippen molar-refractivity contribution in [3.05, 3.63) is 48.3 Å². The second-order valence-electron chi connectivity index (χ2n) is 7.15. The number of fused-ring (bicyclic) bond motifs is 1. The Bertz CT molecular complexity index is 1150. The maximum Gasteiger partial charge on any atom is 0.266 e. The lowest BCUT2D eigenvalue weighted by atomic mass is 9.97. The van der Waals surface area contributed by atoms with Crippen molar-refractivity contribution in [1.29, 1.82) is 0 Å². The lowest BCUT2D eigenvalue weighted by Gasteiger charge is -2.15. The van der Waals surface area contributed by atoms with Crippen molar-refractivity contribution in [3.8, 4) is 0 Å². The second-order valence-corrected chi connectivity index (χ2v) is 8.83. The van der Waals surface area contributed by atoms with Gasteiger partial charge in [-0.05, 0) is 44.2 Å². The van der Waals surface area contributed by atoms with Crippen molar-refractivity contribution < 1.29 is 8.42 Å². The van der Waals surface area contributed by atoms with Crippen LogP contribution in [0.15, 0.2) is 53.2 Å². The predicted octanol–water partition coefficient (Wildman–Crippen LogP) is 3.47. The summed E-state index contributed by atoms with van der Waals surface area (Å²) < 4.78 is 29.5. The van der Waals surface area contributed by atoms with Crippen LogP contribution in [-0.2, 0) is 17.1 Å². The van der Waals surface area contributed by atoms with Crippen molar-refractivity contribution in [1.82, 2.24) is 19.7 Å². The van der Waals surface area contributed by atoms with Gasteiger partial charge in [0.1, 0.15) is 4.90 Å². The highest BCUT2D eigenvalue weighted by atomic mass is 32.2. The zero-order chi connectivity index (χ0) is 20.3. The zero-order valence-corrected chi connectivity index (χ0v) is 17.1. The maximum absolute atomic E-state index is 12.8. The van der Waals surface area contributed by atoms with E-state index in [1.165, 1.54) is 35.5 Å². The van der Waals surface area contributed by atoms with Gasteiger partial charge in [-0.1, -0.05) is 23.8 Å². The number of anilines is 2. The number of hydrogen-bond donors (Lipinski definition) is 2. The smallest absolute Gasteiger partial charge is 0.266 e. The number of rotatable bonds is 7. The molecule has 0 spiro atoms. The van der Waals surface area contributed by atoms with Gasteiger partial charge in [-0.3, -0.25) is 9.40 Å². The topological polar surface area (TPSA) is 102 Å². The van der Waals surface area contributed by atoms with Gasteiger partial charge in [0.2, 0.25) is 0 Å². The fourth-order valence-electron chi connectivity index (χ4n) is 3.39. The van der Waals surface area contributed by atoms with E-state index in [0.29, 0.717) is 23.4 Å². The number of nitrogens with zero attached hydrogens (tertiary/aromatic N) is 4. The van der Waals surface area contributed by atoms with Crippen LogP contribution < -0.4 is 10.0 Å². The van der Waals surface area contributed by atoms with Crippen LogP contribution in [0.2, 0.25) is 0 Å². The molecule has 0 saturated carbocycles. The van der Waals surface area contributed by atoms with Crippen molar-refractivity contribution in [3.63, 3.8) is 0 Å². The summed E-state index contributed by atoms with van der Waals surface area (Å²) in [6.07, 6.45) is 10.7. The molecule has 9 heteroatoms. The Hall–Kier alpha value is -2.94. The molecule has 0 bridgehead atoms. The van der Waals surface area contributed by atoms with Gasteiger partial charge in [-0.25, -0.2) is 18.4 Å². The van der Waals surface area contributed by atoms with E-state index in [0.717, 1.165) is 19.3 Å². The Morgan fingerprint density at radius 2 is 1.86 bits per heavy atom. The Balaban J connectivity index is 1.60. The average molecular weight is 413 g/mol. The van der Waals surface area contributed by atoms with Crippen LogP contribution >= 0.6 is 0 Å². The molecule has 0 aliphatic heterocycles. The number of allylic oxidation sites excluding steroid dienone is 1. The molecule has 29 heavy (non-hydrogen) atoms. The Labute approximate surface area is 170 Å². The highest BCUT2D eigenvalue weighted by Gasteiger charge is 2.20. The molecule has 1 aliphatic rings. The Morgan fingerprint density at radius 1 is 1.10 bits per heavy atom. The first-order chi connectivity index (χ1) is 14.0. The molecule has 3 aromatic rings. The van der Waals surface area contributed by atoms with E-state index in [2.05, 4.69) is 31.2 Å². The van der Waals surface area contributed by atoms with Crippen LogP contribution in [0, 0.1) is 0 Å². The minimum absolute atomic E-state index is 0.0771. The molecule has 0 fully saturated rings. The minimum Gasteiger partial charge on any atom is -0.367 e. The Morgan fingerprint density at radius 3 is 2.52 bits per heavy atom. The van der Waals surface area contributed by atoms with Crippen LogP contribution in [-0.4, -0.2) is 34.7 Å². The number of para-hydroxylation sites is 2. The normalized spacial score (nSPS) is 14.6. The molecule has 152 valence electrons. The largest absolute Gasteiger partial charge is 0.367 e. The molecule has 2 aromatic heterocycles. The third kappa shape index (κ3) is 4.56. The monoisotopic (exact) mass is 412 g/mol. The summed E-state index contributed by atoms with van der Waals surface area (Å²) in [4.78, 5) is 9.18. The third-order valence-corrected chi connectivity index (χ3v) is 6.21. The summed E-state index contributed by atoms with van der Waals surface area (Å²) in [6.45, 7) is 0.667. The molecule has 4 rings (SSSR count). The molecule has 0 radical (unpaired) electrons. The van der Waals surface area contributed by atoms with E-state index < -0.39 is 10.0 Å². The van der Waals surface area contributed by atoms with E-state index in [1.54, 1.807) is 13.1 Å². The minimum atomic E-state index is -3.82. The van der Waals surface area contributed by atoms with Crippen LogP contribution in [0.25, 0.3) is 11.0 Å². The number of hydrogen-bond acceptors (Lipinski definition) is 6. The molecule has 8 nitrogen and oxygen atoms in total. The van der Waals surface area contributed by atoms with E-state index in [4.69, 9.17) is 0 Å². The van der Waals surface area contributed by atoms with Gasteiger partial charge in [0.25, 0.3) is 10.0 Å². The number of aryl methyl sites for hydroxylation is 1. The number of sulfonamides is 1. The van der Waals surface area contributed by atoms with Crippen LogP contribution in [0.1, 0.15) is 32.1 Å². The van der Waals surface area contributed by atoms with E-state index in [1.807, 2.05) is 18.2 Å². The number of nitrogens with one attached hydrogen (secondary N) is 2. The fraction of sp³-hybridized carbons (Fsp3) is 0.350. The Kier molecular flexibility index (Phi) is 5.48. The SMILES string of the molecule is Cn1cc(S(=O)(=O)Nc2nc3ccccc3nc2NCCC2=CCCCC2)cn1. The molecule has 0 atom stereocenters. The summed E-state index contributed by atoms with van der Waals surface area (Å²) in [5, 5.41) is 7.21. The van der Waals surface area contributed by atoms with Crippen molar-refractivity contribution >= 4 is 32.7 Å². The first-order valence-corrected chi connectivity index (χ1v) is 11.2. The second kappa shape index (κ2) is 8.20. The lowest BCUT2D eigenvalue weighted by Crippen LogP contribution is -2.17. The summed E-state index contributed by atoms with van der Waals surface area (Å²) in [5.74, 6) is 0.609. The van der Waals surface area contributed by atoms with E-state index in [-0.39, 0.29) is 10.7 Å². The lowest BCUT2D eigenvalue weighted by molar-refractivity contribution is 0.601. The third-order valence-electron chi connectivity index (χ3n) is 4.92. The summed E-state index contributed by atoms with van der Waals surface area (Å²) in [6, 6.07) is 7.39. The molecule has 0 amide bonds. The zero-order valence-electron chi connectivity index (χ0n) is 16.3. The van der Waals surface area contributed by atoms with Gasteiger partial charge in [0.05, 0.1) is 17.2 Å². The number of aromatic nitrogens is 4. The van der Waals surface area contributed by atoms with Gasteiger partial charge in [0, 0.05) is 19.8 Å².